The van der Waals surface area contributed by atoms with E-state index in [4.69, 9.17) is 0 Å². The van der Waals surface area contributed by atoms with Crippen LogP contribution in [0.1, 0.15) is 40.0 Å². The van der Waals surface area contributed by atoms with Crippen molar-refractivity contribution >= 4 is 23.2 Å². The number of amides is 2. The van der Waals surface area contributed by atoms with Crippen molar-refractivity contribution < 1.29 is 14.5 Å². The Bertz CT molecular complexity index is 901. The topological polar surface area (TPSA) is 105 Å². The summed E-state index contributed by atoms with van der Waals surface area (Å²) in [6.45, 7) is 1.05. The molecule has 8 nitrogen and oxygen atoms in total. The third-order valence-electron chi connectivity index (χ3n) is 5.13. The van der Waals surface area contributed by atoms with Gasteiger partial charge < -0.3 is 15.5 Å². The van der Waals surface area contributed by atoms with Gasteiger partial charge in [-0.3, -0.25) is 19.7 Å². The molecular formula is C21H24N4O4. The number of hydrogen-bond acceptors (Lipinski definition) is 5. The van der Waals surface area contributed by atoms with Gasteiger partial charge in [0.25, 0.3) is 17.5 Å². The summed E-state index contributed by atoms with van der Waals surface area (Å²) in [6.07, 6.45) is 2.73. The van der Waals surface area contributed by atoms with Crippen molar-refractivity contribution in [3.05, 3.63) is 69.8 Å². The van der Waals surface area contributed by atoms with Crippen LogP contribution in [0.25, 0.3) is 0 Å². The molecule has 0 aliphatic carbocycles. The number of piperidine rings is 1. The van der Waals surface area contributed by atoms with E-state index < -0.39 is 4.92 Å². The van der Waals surface area contributed by atoms with Crippen molar-refractivity contribution in [1.29, 1.82) is 0 Å². The zero-order valence-corrected chi connectivity index (χ0v) is 16.3. The van der Waals surface area contributed by atoms with Crippen LogP contribution in [-0.2, 0) is 0 Å². The van der Waals surface area contributed by atoms with Crippen LogP contribution in [0.3, 0.4) is 0 Å². The minimum absolute atomic E-state index is 0.0547. The number of rotatable bonds is 6. The molecule has 2 aromatic carbocycles. The van der Waals surface area contributed by atoms with E-state index in [-0.39, 0.29) is 29.1 Å². The van der Waals surface area contributed by atoms with E-state index >= 15 is 0 Å². The smallest absolute Gasteiger partial charge is 0.293 e. The monoisotopic (exact) mass is 396 g/mol. The lowest BCUT2D eigenvalue weighted by molar-refractivity contribution is -0.384. The Morgan fingerprint density at radius 3 is 2.55 bits per heavy atom. The van der Waals surface area contributed by atoms with E-state index in [0.29, 0.717) is 24.3 Å². The van der Waals surface area contributed by atoms with Crippen LogP contribution in [0.2, 0.25) is 0 Å². The first-order valence-electron chi connectivity index (χ1n) is 9.61. The Morgan fingerprint density at radius 2 is 1.86 bits per heavy atom. The fraction of sp³-hybridized carbons (Fsp3) is 0.333. The molecule has 1 unspecified atom stereocenters. The molecule has 8 heteroatoms. The molecule has 152 valence electrons. The Morgan fingerprint density at radius 1 is 1.10 bits per heavy atom. The molecule has 0 saturated carbocycles. The molecule has 1 saturated heterocycles. The molecule has 29 heavy (non-hydrogen) atoms. The van der Waals surface area contributed by atoms with Gasteiger partial charge in [-0.15, -0.1) is 0 Å². The quantitative estimate of drug-likeness (QED) is 0.577. The average Bonchev–Trinajstić information content (AvgIpc) is 2.77. The minimum atomic E-state index is -0.462. The highest BCUT2D eigenvalue weighted by Crippen LogP contribution is 2.33. The second-order valence-electron chi connectivity index (χ2n) is 6.96. The second kappa shape index (κ2) is 9.18. The van der Waals surface area contributed by atoms with E-state index in [1.807, 2.05) is 11.0 Å². The van der Waals surface area contributed by atoms with Gasteiger partial charge in [-0.1, -0.05) is 18.2 Å². The van der Waals surface area contributed by atoms with Crippen molar-refractivity contribution in [2.45, 2.75) is 25.3 Å². The van der Waals surface area contributed by atoms with E-state index in [1.54, 1.807) is 36.4 Å². The molecule has 2 amide bonds. The van der Waals surface area contributed by atoms with Crippen LogP contribution in [0, 0.1) is 10.1 Å². The van der Waals surface area contributed by atoms with Gasteiger partial charge >= 0.3 is 0 Å². The number of benzene rings is 2. The highest BCUT2D eigenvalue weighted by atomic mass is 16.6. The van der Waals surface area contributed by atoms with Crippen molar-refractivity contribution in [3.63, 3.8) is 0 Å². The number of nitro benzene ring substituents is 1. The molecule has 3 rings (SSSR count). The molecule has 1 heterocycles. The number of nitrogens with one attached hydrogen (secondary N) is 2. The maximum absolute atomic E-state index is 12.4. The lowest BCUT2D eigenvalue weighted by Gasteiger charge is -2.37. The lowest BCUT2D eigenvalue weighted by Crippen LogP contribution is -2.47. The van der Waals surface area contributed by atoms with Crippen LogP contribution in [0.5, 0.6) is 0 Å². The number of carbonyl (C=O) groups is 2. The number of hydrogen-bond donors (Lipinski definition) is 2. The SMILES string of the molecule is CNC(=O)c1ccc(N2CCCCC2CNC(=O)c2ccccc2)c([N+](=O)[O-])c1. The first-order valence-corrected chi connectivity index (χ1v) is 9.61. The van der Waals surface area contributed by atoms with E-state index in [0.717, 1.165) is 19.3 Å². The van der Waals surface area contributed by atoms with Crippen LogP contribution in [-0.4, -0.2) is 42.9 Å². The lowest BCUT2D eigenvalue weighted by atomic mass is 10.00. The summed E-state index contributed by atoms with van der Waals surface area (Å²) in [5.41, 5.74) is 1.19. The van der Waals surface area contributed by atoms with Gasteiger partial charge in [0.2, 0.25) is 0 Å². The van der Waals surface area contributed by atoms with E-state index in [2.05, 4.69) is 10.6 Å². The Labute approximate surface area is 169 Å². The number of carbonyl (C=O) groups excluding carboxylic acids is 2. The predicted octanol–water partition coefficient (Wildman–Crippen LogP) is 2.74. The van der Waals surface area contributed by atoms with E-state index in [1.165, 1.54) is 13.1 Å². The average molecular weight is 396 g/mol. The largest absolute Gasteiger partial charge is 0.361 e. The van der Waals surface area contributed by atoms with Crippen LogP contribution < -0.4 is 15.5 Å². The zero-order chi connectivity index (χ0) is 20.8. The second-order valence-corrected chi connectivity index (χ2v) is 6.96. The van der Waals surface area contributed by atoms with Crippen LogP contribution >= 0.6 is 0 Å². The molecule has 0 spiro atoms. The van der Waals surface area contributed by atoms with Gasteiger partial charge in [-0.2, -0.15) is 0 Å². The van der Waals surface area contributed by atoms with Crippen molar-refractivity contribution in [2.24, 2.45) is 0 Å². The van der Waals surface area contributed by atoms with Crippen molar-refractivity contribution in [1.82, 2.24) is 10.6 Å². The Hall–Kier alpha value is -3.42. The molecule has 1 fully saturated rings. The summed E-state index contributed by atoms with van der Waals surface area (Å²) in [4.78, 5) is 37.4. The van der Waals surface area contributed by atoms with E-state index in [9.17, 15) is 19.7 Å². The maximum Gasteiger partial charge on any atom is 0.293 e. The number of nitro groups is 1. The maximum atomic E-state index is 12.4. The summed E-state index contributed by atoms with van der Waals surface area (Å²) in [5, 5.41) is 17.1. The highest BCUT2D eigenvalue weighted by molar-refractivity contribution is 5.95. The van der Waals surface area contributed by atoms with Gasteiger partial charge in [0.05, 0.1) is 4.92 Å². The summed E-state index contributed by atoms with van der Waals surface area (Å²) in [5.74, 6) is -0.537. The normalized spacial score (nSPS) is 16.2. The summed E-state index contributed by atoms with van der Waals surface area (Å²) in [7, 11) is 1.48. The van der Waals surface area contributed by atoms with Crippen LogP contribution in [0.4, 0.5) is 11.4 Å². The van der Waals surface area contributed by atoms with Crippen molar-refractivity contribution in [2.75, 3.05) is 25.0 Å². The molecule has 2 N–H and O–H groups in total. The summed E-state index contributed by atoms with van der Waals surface area (Å²) in [6, 6.07) is 13.4. The van der Waals surface area contributed by atoms with Gasteiger partial charge in [-0.05, 0) is 43.5 Å². The van der Waals surface area contributed by atoms with Crippen molar-refractivity contribution in [3.8, 4) is 0 Å². The first kappa shape index (κ1) is 20.3. The molecule has 1 aliphatic heterocycles. The Kier molecular flexibility index (Phi) is 6.43. The third kappa shape index (κ3) is 4.71. The van der Waals surface area contributed by atoms with Gasteiger partial charge in [0, 0.05) is 43.4 Å². The number of nitrogens with zero attached hydrogens (tertiary/aromatic N) is 2. The first-order chi connectivity index (χ1) is 14.0. The molecule has 2 aromatic rings. The molecular weight excluding hydrogens is 372 g/mol. The molecule has 0 bridgehead atoms. The molecule has 1 aliphatic rings. The molecule has 1 atom stereocenters. The Balaban J connectivity index is 1.81. The fourth-order valence-corrected chi connectivity index (χ4v) is 3.63. The molecule has 0 aromatic heterocycles. The molecule has 0 radical (unpaired) electrons. The van der Waals surface area contributed by atoms with Gasteiger partial charge in [0.15, 0.2) is 0 Å². The third-order valence-corrected chi connectivity index (χ3v) is 5.13. The highest BCUT2D eigenvalue weighted by Gasteiger charge is 2.29. The van der Waals surface area contributed by atoms with Crippen LogP contribution in [0.15, 0.2) is 48.5 Å². The van der Waals surface area contributed by atoms with Gasteiger partial charge in [-0.25, -0.2) is 0 Å². The fourth-order valence-electron chi connectivity index (χ4n) is 3.63. The standard InChI is InChI=1S/C21H24N4O4/c1-22-20(26)16-10-11-18(19(13-16)25(28)29)24-12-6-5-9-17(24)14-23-21(27)15-7-3-2-4-8-15/h2-4,7-8,10-11,13,17H,5-6,9,12,14H2,1H3,(H,22,26)(H,23,27). The minimum Gasteiger partial charge on any atom is -0.361 e. The predicted molar refractivity (Wildman–Crippen MR) is 110 cm³/mol. The number of anilines is 1. The zero-order valence-electron chi connectivity index (χ0n) is 16.3. The summed E-state index contributed by atoms with van der Waals surface area (Å²) >= 11 is 0. The summed E-state index contributed by atoms with van der Waals surface area (Å²) < 4.78 is 0. The van der Waals surface area contributed by atoms with Gasteiger partial charge in [0.1, 0.15) is 5.69 Å².